The van der Waals surface area contributed by atoms with E-state index in [4.69, 9.17) is 0 Å². The zero-order valence-electron chi connectivity index (χ0n) is 13.5. The highest BCUT2D eigenvalue weighted by Crippen LogP contribution is 2.21. The first-order valence-electron chi connectivity index (χ1n) is 7.88. The van der Waals surface area contributed by atoms with Gasteiger partial charge in [0.15, 0.2) is 0 Å². The van der Waals surface area contributed by atoms with Crippen LogP contribution < -0.4 is 5.32 Å². The summed E-state index contributed by atoms with van der Waals surface area (Å²) in [6.07, 6.45) is 2.49. The van der Waals surface area contributed by atoms with Gasteiger partial charge in [-0.25, -0.2) is 0 Å². The molecule has 1 aromatic rings. The quantitative estimate of drug-likeness (QED) is 0.812. The number of rotatable bonds is 7. The molecule has 1 fully saturated rings. The molecule has 2 rings (SSSR count). The molecule has 2 unspecified atom stereocenters. The smallest absolute Gasteiger partial charge is 0.0330 e. The van der Waals surface area contributed by atoms with Crippen LogP contribution in [0.25, 0.3) is 0 Å². The van der Waals surface area contributed by atoms with Crippen LogP contribution in [-0.2, 0) is 0 Å². The van der Waals surface area contributed by atoms with E-state index in [1.807, 2.05) is 0 Å². The van der Waals surface area contributed by atoms with Crippen LogP contribution in [0.1, 0.15) is 24.4 Å². The first-order valence-corrected chi connectivity index (χ1v) is 8.67. The standard InChI is InChI=1S/C17H28BrN3/c1-19-17(15-5-4-6-16(18)11-15)8-10-21(3)13-14-7-9-20(2)12-14/h4-6,11,14,17,19H,7-10,12-13H2,1-3H3. The molecule has 1 aromatic carbocycles. The lowest BCUT2D eigenvalue weighted by Gasteiger charge is -2.24. The molecule has 2 atom stereocenters. The van der Waals surface area contributed by atoms with E-state index in [0.29, 0.717) is 6.04 Å². The summed E-state index contributed by atoms with van der Waals surface area (Å²) < 4.78 is 1.16. The van der Waals surface area contributed by atoms with Crippen LogP contribution in [0.15, 0.2) is 28.7 Å². The molecule has 118 valence electrons. The van der Waals surface area contributed by atoms with Crippen molar-refractivity contribution in [1.82, 2.24) is 15.1 Å². The Labute approximate surface area is 137 Å². The maximum Gasteiger partial charge on any atom is 0.0330 e. The Morgan fingerprint density at radius 3 is 2.90 bits per heavy atom. The van der Waals surface area contributed by atoms with Gasteiger partial charge in [0.2, 0.25) is 0 Å². The van der Waals surface area contributed by atoms with Gasteiger partial charge in [-0.3, -0.25) is 0 Å². The Morgan fingerprint density at radius 2 is 2.29 bits per heavy atom. The average Bonchev–Trinajstić information content (AvgIpc) is 2.85. The zero-order chi connectivity index (χ0) is 15.2. The molecule has 0 radical (unpaired) electrons. The van der Waals surface area contributed by atoms with Gasteiger partial charge in [-0.05, 0) is 70.7 Å². The number of nitrogens with zero attached hydrogens (tertiary/aromatic N) is 2. The number of halogens is 1. The summed E-state index contributed by atoms with van der Waals surface area (Å²) in [7, 11) is 6.54. The second-order valence-electron chi connectivity index (χ2n) is 6.36. The van der Waals surface area contributed by atoms with E-state index in [0.717, 1.165) is 23.4 Å². The molecule has 0 saturated carbocycles. The SMILES string of the molecule is CNC(CCN(C)CC1CCN(C)C1)c1cccc(Br)c1. The van der Waals surface area contributed by atoms with Gasteiger partial charge in [-0.2, -0.15) is 0 Å². The summed E-state index contributed by atoms with van der Waals surface area (Å²) in [6, 6.07) is 9.04. The molecule has 1 heterocycles. The Kier molecular flexibility index (Phi) is 6.68. The molecule has 0 aliphatic carbocycles. The highest BCUT2D eigenvalue weighted by atomic mass is 79.9. The van der Waals surface area contributed by atoms with Crippen molar-refractivity contribution in [3.63, 3.8) is 0 Å². The first kappa shape index (κ1) is 16.9. The lowest BCUT2D eigenvalue weighted by molar-refractivity contribution is 0.261. The van der Waals surface area contributed by atoms with E-state index < -0.39 is 0 Å². The molecule has 3 nitrogen and oxygen atoms in total. The Bertz CT molecular complexity index is 438. The van der Waals surface area contributed by atoms with Crippen molar-refractivity contribution >= 4 is 15.9 Å². The zero-order valence-corrected chi connectivity index (χ0v) is 15.1. The van der Waals surface area contributed by atoms with Gasteiger partial charge in [0.05, 0.1) is 0 Å². The molecular weight excluding hydrogens is 326 g/mol. The number of hydrogen-bond acceptors (Lipinski definition) is 3. The van der Waals surface area contributed by atoms with Crippen molar-refractivity contribution < 1.29 is 0 Å². The lowest BCUT2D eigenvalue weighted by atomic mass is 10.0. The monoisotopic (exact) mass is 353 g/mol. The van der Waals surface area contributed by atoms with Gasteiger partial charge < -0.3 is 15.1 Å². The van der Waals surface area contributed by atoms with Crippen molar-refractivity contribution in [3.8, 4) is 0 Å². The van der Waals surface area contributed by atoms with Crippen molar-refractivity contribution in [3.05, 3.63) is 34.3 Å². The third-order valence-electron chi connectivity index (χ3n) is 4.46. The topological polar surface area (TPSA) is 18.5 Å². The summed E-state index contributed by atoms with van der Waals surface area (Å²) in [5, 5.41) is 3.45. The molecule has 0 bridgehead atoms. The molecular formula is C17H28BrN3. The second kappa shape index (κ2) is 8.28. The summed E-state index contributed by atoms with van der Waals surface area (Å²) in [6.45, 7) is 4.87. The van der Waals surface area contributed by atoms with Crippen LogP contribution in [0.3, 0.4) is 0 Å². The summed E-state index contributed by atoms with van der Waals surface area (Å²) in [5.74, 6) is 0.846. The van der Waals surface area contributed by atoms with Gasteiger partial charge in [-0.15, -0.1) is 0 Å². The Morgan fingerprint density at radius 1 is 1.48 bits per heavy atom. The van der Waals surface area contributed by atoms with Gasteiger partial charge in [-0.1, -0.05) is 28.1 Å². The maximum absolute atomic E-state index is 3.56. The minimum atomic E-state index is 0.427. The molecule has 0 amide bonds. The predicted octanol–water partition coefficient (Wildman–Crippen LogP) is 2.98. The van der Waals surface area contributed by atoms with E-state index >= 15 is 0 Å². The molecule has 21 heavy (non-hydrogen) atoms. The van der Waals surface area contributed by atoms with E-state index in [1.54, 1.807) is 0 Å². The fourth-order valence-corrected chi connectivity index (χ4v) is 3.67. The lowest BCUT2D eigenvalue weighted by Crippen LogP contribution is -2.30. The Hall–Kier alpha value is -0.420. The van der Waals surface area contributed by atoms with E-state index in [9.17, 15) is 0 Å². The first-order chi connectivity index (χ1) is 10.1. The molecule has 1 aliphatic rings. The summed E-state index contributed by atoms with van der Waals surface area (Å²) in [4.78, 5) is 4.93. The second-order valence-corrected chi connectivity index (χ2v) is 7.28. The van der Waals surface area contributed by atoms with Gasteiger partial charge in [0, 0.05) is 23.6 Å². The van der Waals surface area contributed by atoms with Crippen molar-refractivity contribution in [2.75, 3.05) is 47.3 Å². The number of likely N-dealkylation sites (tertiary alicyclic amines) is 1. The van der Waals surface area contributed by atoms with Crippen molar-refractivity contribution in [2.24, 2.45) is 5.92 Å². The molecule has 1 aliphatic heterocycles. The van der Waals surface area contributed by atoms with Crippen LogP contribution in [-0.4, -0.2) is 57.1 Å². The molecule has 1 N–H and O–H groups in total. The van der Waals surface area contributed by atoms with E-state index in [-0.39, 0.29) is 0 Å². The Balaban J connectivity index is 1.79. The van der Waals surface area contributed by atoms with E-state index in [1.165, 1.54) is 31.6 Å². The molecule has 4 heteroatoms. The average molecular weight is 354 g/mol. The van der Waals surface area contributed by atoms with Crippen LogP contribution in [0.4, 0.5) is 0 Å². The van der Waals surface area contributed by atoms with Crippen LogP contribution in [0.5, 0.6) is 0 Å². The highest BCUT2D eigenvalue weighted by Gasteiger charge is 2.21. The minimum absolute atomic E-state index is 0.427. The normalized spacial score (nSPS) is 21.1. The molecule has 0 aromatic heterocycles. The van der Waals surface area contributed by atoms with Gasteiger partial charge in [0.25, 0.3) is 0 Å². The van der Waals surface area contributed by atoms with Gasteiger partial charge >= 0.3 is 0 Å². The third-order valence-corrected chi connectivity index (χ3v) is 4.95. The predicted molar refractivity (Wildman–Crippen MR) is 93.7 cm³/mol. The minimum Gasteiger partial charge on any atom is -0.313 e. The molecule has 0 spiro atoms. The van der Waals surface area contributed by atoms with Crippen molar-refractivity contribution in [1.29, 1.82) is 0 Å². The van der Waals surface area contributed by atoms with Crippen LogP contribution in [0.2, 0.25) is 0 Å². The number of nitrogens with one attached hydrogen (secondary N) is 1. The summed E-state index contributed by atoms with van der Waals surface area (Å²) >= 11 is 3.56. The number of benzene rings is 1. The summed E-state index contributed by atoms with van der Waals surface area (Å²) in [5.41, 5.74) is 1.36. The largest absolute Gasteiger partial charge is 0.313 e. The maximum atomic E-state index is 3.56. The third kappa shape index (κ3) is 5.37. The molecule has 1 saturated heterocycles. The van der Waals surface area contributed by atoms with Crippen LogP contribution in [0, 0.1) is 5.92 Å². The fraction of sp³-hybridized carbons (Fsp3) is 0.647. The van der Waals surface area contributed by atoms with Crippen molar-refractivity contribution in [2.45, 2.75) is 18.9 Å². The van der Waals surface area contributed by atoms with Gasteiger partial charge in [0.1, 0.15) is 0 Å². The highest BCUT2D eigenvalue weighted by molar-refractivity contribution is 9.10. The van der Waals surface area contributed by atoms with E-state index in [2.05, 4.69) is 76.5 Å². The number of hydrogen-bond donors (Lipinski definition) is 1. The fourth-order valence-electron chi connectivity index (χ4n) is 3.26. The van der Waals surface area contributed by atoms with Crippen LogP contribution >= 0.6 is 15.9 Å².